The molecule has 0 bridgehead atoms. The van der Waals surface area contributed by atoms with Gasteiger partial charge in [0.1, 0.15) is 22.8 Å². The van der Waals surface area contributed by atoms with Crippen molar-refractivity contribution in [2.75, 3.05) is 42.9 Å². The smallest absolute Gasteiger partial charge is 0.224 e. The van der Waals surface area contributed by atoms with E-state index in [0.29, 0.717) is 44.8 Å². The molecule has 146 valence electrons. The van der Waals surface area contributed by atoms with Crippen LogP contribution in [0.5, 0.6) is 0 Å². The normalized spacial score (nSPS) is 14.5. The third-order valence-electron chi connectivity index (χ3n) is 4.91. The Labute approximate surface area is 167 Å². The molecule has 1 amide bonds. The van der Waals surface area contributed by atoms with Crippen molar-refractivity contribution in [1.29, 1.82) is 0 Å². The molecule has 2 aromatic heterocycles. The number of nitrogens with one attached hydrogen (secondary N) is 1. The van der Waals surface area contributed by atoms with Crippen LogP contribution in [0.2, 0.25) is 0 Å². The van der Waals surface area contributed by atoms with E-state index in [-0.39, 0.29) is 11.7 Å². The van der Waals surface area contributed by atoms with Gasteiger partial charge < -0.3 is 15.1 Å². The van der Waals surface area contributed by atoms with Crippen LogP contribution in [0.4, 0.5) is 15.9 Å². The summed E-state index contributed by atoms with van der Waals surface area (Å²) < 4.78 is 13.9. The van der Waals surface area contributed by atoms with Crippen molar-refractivity contribution < 1.29 is 9.18 Å². The number of hydrogen-bond donors (Lipinski definition) is 1. The Bertz CT molecular complexity index is 984. The number of thiophene rings is 1. The van der Waals surface area contributed by atoms with Gasteiger partial charge in [0.15, 0.2) is 0 Å². The van der Waals surface area contributed by atoms with E-state index in [1.807, 2.05) is 22.8 Å². The molecule has 1 fully saturated rings. The fourth-order valence-electron chi connectivity index (χ4n) is 3.47. The van der Waals surface area contributed by atoms with Crippen molar-refractivity contribution in [3.8, 4) is 0 Å². The second-order valence-electron chi connectivity index (χ2n) is 6.79. The first-order valence-electron chi connectivity index (χ1n) is 9.34. The quantitative estimate of drug-likeness (QED) is 0.713. The fourth-order valence-corrected chi connectivity index (χ4v) is 4.31. The average Bonchev–Trinajstić information content (AvgIpc) is 3.09. The van der Waals surface area contributed by atoms with Gasteiger partial charge in [-0.3, -0.25) is 4.79 Å². The Hall–Kier alpha value is -2.74. The van der Waals surface area contributed by atoms with Crippen LogP contribution in [0.3, 0.4) is 0 Å². The van der Waals surface area contributed by atoms with Gasteiger partial charge in [0.2, 0.25) is 5.91 Å². The highest BCUT2D eigenvalue weighted by atomic mass is 32.1. The fraction of sp³-hybridized carbons (Fsp3) is 0.350. The van der Waals surface area contributed by atoms with Gasteiger partial charge in [-0.05, 0) is 25.1 Å². The number of piperazine rings is 1. The molecule has 1 aromatic carbocycles. The maximum Gasteiger partial charge on any atom is 0.224 e. The zero-order valence-corrected chi connectivity index (χ0v) is 16.5. The minimum Gasteiger partial charge on any atom is -0.369 e. The Morgan fingerprint density at radius 2 is 2.00 bits per heavy atom. The molecule has 28 heavy (non-hydrogen) atoms. The highest BCUT2D eigenvalue weighted by Gasteiger charge is 2.22. The van der Waals surface area contributed by atoms with Gasteiger partial charge in [-0.25, -0.2) is 14.4 Å². The number of rotatable bonds is 5. The molecule has 3 aromatic rings. The molecule has 0 atom stereocenters. The molecule has 1 saturated heterocycles. The molecule has 0 saturated carbocycles. The van der Waals surface area contributed by atoms with Crippen LogP contribution in [0, 0.1) is 12.7 Å². The highest BCUT2D eigenvalue weighted by Crippen LogP contribution is 2.27. The van der Waals surface area contributed by atoms with Crippen LogP contribution in [0.25, 0.3) is 10.2 Å². The van der Waals surface area contributed by atoms with E-state index in [1.165, 1.54) is 10.9 Å². The minimum absolute atomic E-state index is 0.104. The minimum atomic E-state index is -0.216. The van der Waals surface area contributed by atoms with E-state index in [2.05, 4.69) is 21.4 Å². The lowest BCUT2D eigenvalue weighted by Crippen LogP contribution is -2.49. The number of aryl methyl sites for hydroxylation is 1. The average molecular weight is 399 g/mol. The first-order chi connectivity index (χ1) is 13.6. The summed E-state index contributed by atoms with van der Waals surface area (Å²) in [6.07, 6.45) is 1.94. The van der Waals surface area contributed by atoms with Gasteiger partial charge in [-0.2, -0.15) is 0 Å². The summed E-state index contributed by atoms with van der Waals surface area (Å²) in [6, 6.07) is 8.84. The maximum atomic E-state index is 13.9. The predicted octanol–water partition coefficient (Wildman–Crippen LogP) is 3.29. The number of amides is 1. The summed E-state index contributed by atoms with van der Waals surface area (Å²) in [4.78, 5) is 27.1. The SMILES string of the molecule is Cc1cc2c(NCCC(=O)N3CCN(c4ccccc4F)CC3)ncnc2s1. The van der Waals surface area contributed by atoms with Crippen molar-refractivity contribution in [2.45, 2.75) is 13.3 Å². The molecule has 1 N–H and O–H groups in total. The van der Waals surface area contributed by atoms with Crippen LogP contribution in [0.1, 0.15) is 11.3 Å². The third kappa shape index (κ3) is 3.91. The summed E-state index contributed by atoms with van der Waals surface area (Å²) in [5.41, 5.74) is 0.607. The van der Waals surface area contributed by atoms with Gasteiger partial charge >= 0.3 is 0 Å². The first-order valence-corrected chi connectivity index (χ1v) is 10.2. The number of nitrogens with zero attached hydrogens (tertiary/aromatic N) is 4. The Morgan fingerprint density at radius 3 is 2.79 bits per heavy atom. The number of halogens is 1. The topological polar surface area (TPSA) is 61.4 Å². The van der Waals surface area contributed by atoms with E-state index in [9.17, 15) is 9.18 Å². The van der Waals surface area contributed by atoms with Gasteiger partial charge in [-0.1, -0.05) is 12.1 Å². The number of carbonyl (C=O) groups excluding carboxylic acids is 1. The summed E-state index contributed by atoms with van der Waals surface area (Å²) >= 11 is 1.63. The Morgan fingerprint density at radius 1 is 1.21 bits per heavy atom. The molecule has 0 spiro atoms. The predicted molar refractivity (Wildman–Crippen MR) is 110 cm³/mol. The van der Waals surface area contributed by atoms with E-state index >= 15 is 0 Å². The number of benzene rings is 1. The first kappa shape index (κ1) is 18.6. The standard InChI is InChI=1S/C20H22FN5OS/c1-14-12-15-19(23-13-24-20(15)28-14)22-7-6-18(27)26-10-8-25(9-11-26)17-5-3-2-4-16(17)21/h2-5,12-13H,6-11H2,1H3,(H,22,23,24). The molecule has 3 heterocycles. The number of carbonyl (C=O) groups is 1. The van der Waals surface area contributed by atoms with Gasteiger partial charge in [-0.15, -0.1) is 11.3 Å². The highest BCUT2D eigenvalue weighted by molar-refractivity contribution is 7.18. The summed E-state index contributed by atoms with van der Waals surface area (Å²) in [5.74, 6) is 0.658. The van der Waals surface area contributed by atoms with Crippen molar-refractivity contribution in [1.82, 2.24) is 14.9 Å². The number of anilines is 2. The van der Waals surface area contributed by atoms with Crippen LogP contribution in [-0.2, 0) is 4.79 Å². The van der Waals surface area contributed by atoms with Crippen molar-refractivity contribution in [3.05, 3.63) is 47.4 Å². The van der Waals surface area contributed by atoms with Gasteiger partial charge in [0.05, 0.1) is 11.1 Å². The van der Waals surface area contributed by atoms with Crippen molar-refractivity contribution >= 4 is 39.0 Å². The number of fused-ring (bicyclic) bond motifs is 1. The second kappa shape index (κ2) is 8.10. The van der Waals surface area contributed by atoms with Crippen LogP contribution < -0.4 is 10.2 Å². The molecule has 0 radical (unpaired) electrons. The monoisotopic (exact) mass is 399 g/mol. The Balaban J connectivity index is 1.28. The van der Waals surface area contributed by atoms with Crippen molar-refractivity contribution in [3.63, 3.8) is 0 Å². The summed E-state index contributed by atoms with van der Waals surface area (Å²) in [5, 5.41) is 4.26. The number of aromatic nitrogens is 2. The molecule has 8 heteroatoms. The molecule has 1 aliphatic rings. The van der Waals surface area contributed by atoms with Gasteiger partial charge in [0.25, 0.3) is 0 Å². The molecule has 6 nitrogen and oxygen atoms in total. The molecular formula is C20H22FN5OS. The number of hydrogen-bond acceptors (Lipinski definition) is 6. The van der Waals surface area contributed by atoms with Crippen molar-refractivity contribution in [2.24, 2.45) is 0 Å². The molecule has 0 unspecified atom stereocenters. The molecule has 0 aliphatic carbocycles. The summed E-state index contributed by atoms with van der Waals surface area (Å²) in [6.45, 7) is 5.05. The summed E-state index contributed by atoms with van der Waals surface area (Å²) in [7, 11) is 0. The van der Waals surface area contributed by atoms with Gasteiger partial charge in [0, 0.05) is 44.0 Å². The molecular weight excluding hydrogens is 377 g/mol. The van der Waals surface area contributed by atoms with E-state index < -0.39 is 0 Å². The molecule has 4 rings (SSSR count). The lowest BCUT2D eigenvalue weighted by molar-refractivity contribution is -0.131. The lowest BCUT2D eigenvalue weighted by atomic mass is 10.2. The van der Waals surface area contributed by atoms with Crippen LogP contribution in [0.15, 0.2) is 36.7 Å². The zero-order valence-electron chi connectivity index (χ0n) is 15.7. The number of para-hydroxylation sites is 1. The molecule has 1 aliphatic heterocycles. The lowest BCUT2D eigenvalue weighted by Gasteiger charge is -2.36. The van der Waals surface area contributed by atoms with E-state index in [1.54, 1.807) is 29.8 Å². The van der Waals surface area contributed by atoms with Crippen LogP contribution in [-0.4, -0.2) is 53.5 Å². The zero-order chi connectivity index (χ0) is 19.5. The Kier molecular flexibility index (Phi) is 5.38. The maximum absolute atomic E-state index is 13.9. The van der Waals surface area contributed by atoms with E-state index in [4.69, 9.17) is 0 Å². The second-order valence-corrected chi connectivity index (χ2v) is 8.03. The van der Waals surface area contributed by atoms with E-state index in [0.717, 1.165) is 16.0 Å². The van der Waals surface area contributed by atoms with Crippen LogP contribution >= 0.6 is 11.3 Å². The largest absolute Gasteiger partial charge is 0.369 e. The third-order valence-corrected chi connectivity index (χ3v) is 5.87.